The molecule has 0 aromatic heterocycles. The van der Waals surface area contributed by atoms with E-state index in [1.165, 1.54) is 0 Å². The normalized spacial score (nSPS) is 29.4. The molecule has 0 radical (unpaired) electrons. The zero-order valence-electron chi connectivity index (χ0n) is 11.3. The number of hydrogen-bond acceptors (Lipinski definition) is 3. The molecule has 0 spiro atoms. The van der Waals surface area contributed by atoms with Gasteiger partial charge in [0, 0.05) is 24.9 Å². The molecule has 4 heteroatoms. The van der Waals surface area contributed by atoms with Crippen molar-refractivity contribution in [2.45, 2.75) is 45.1 Å². The number of carbonyl (C=O) groups excluding carboxylic acids is 1. The Hall–Kier alpha value is -0.610. The van der Waals surface area contributed by atoms with Crippen LogP contribution in [0.4, 0.5) is 0 Å². The average molecular weight is 242 g/mol. The number of hydrogen-bond donors (Lipinski definition) is 2. The lowest BCUT2D eigenvalue weighted by Gasteiger charge is -2.38. The van der Waals surface area contributed by atoms with Crippen LogP contribution in [0.5, 0.6) is 0 Å². The van der Waals surface area contributed by atoms with Gasteiger partial charge in [-0.3, -0.25) is 4.79 Å². The van der Waals surface area contributed by atoms with Crippen molar-refractivity contribution in [3.63, 3.8) is 0 Å². The van der Waals surface area contributed by atoms with Gasteiger partial charge in [0.15, 0.2) is 0 Å². The highest BCUT2D eigenvalue weighted by Crippen LogP contribution is 2.35. The maximum absolute atomic E-state index is 11.6. The Morgan fingerprint density at radius 2 is 2.18 bits per heavy atom. The van der Waals surface area contributed by atoms with Crippen LogP contribution < -0.4 is 5.32 Å². The second-order valence-corrected chi connectivity index (χ2v) is 5.75. The second kappa shape index (κ2) is 6.36. The number of nitrogens with one attached hydrogen (secondary N) is 1. The minimum Gasteiger partial charge on any atom is -0.392 e. The summed E-state index contributed by atoms with van der Waals surface area (Å²) in [5.74, 6) is 0.0812. The van der Waals surface area contributed by atoms with Gasteiger partial charge in [0.1, 0.15) is 0 Å². The second-order valence-electron chi connectivity index (χ2n) is 5.75. The van der Waals surface area contributed by atoms with E-state index in [1.807, 2.05) is 19.0 Å². The SMILES string of the molecule is CN(C)CCC(=O)NCC1(C)CCCCC1O. The standard InChI is InChI=1S/C13H26N2O2/c1-13(8-5-4-6-11(13)16)10-14-12(17)7-9-15(2)3/h11,16H,4-10H2,1-3H3,(H,14,17). The molecule has 100 valence electrons. The van der Waals surface area contributed by atoms with E-state index in [0.717, 1.165) is 32.2 Å². The first-order chi connectivity index (χ1) is 7.94. The molecular weight excluding hydrogens is 216 g/mol. The fourth-order valence-corrected chi connectivity index (χ4v) is 2.30. The number of rotatable bonds is 5. The summed E-state index contributed by atoms with van der Waals surface area (Å²) in [6.07, 6.45) is 4.38. The van der Waals surface area contributed by atoms with Gasteiger partial charge in [0.25, 0.3) is 0 Å². The zero-order valence-corrected chi connectivity index (χ0v) is 11.3. The van der Waals surface area contributed by atoms with Gasteiger partial charge in [0.2, 0.25) is 5.91 Å². The summed E-state index contributed by atoms with van der Waals surface area (Å²) in [4.78, 5) is 13.6. The molecule has 1 saturated carbocycles. The van der Waals surface area contributed by atoms with Gasteiger partial charge in [0.05, 0.1) is 6.10 Å². The van der Waals surface area contributed by atoms with Crippen LogP contribution in [0, 0.1) is 5.41 Å². The highest BCUT2D eigenvalue weighted by molar-refractivity contribution is 5.76. The minimum atomic E-state index is -0.273. The van der Waals surface area contributed by atoms with Crippen molar-refractivity contribution >= 4 is 5.91 Å². The maximum atomic E-state index is 11.6. The summed E-state index contributed by atoms with van der Waals surface area (Å²) in [7, 11) is 3.92. The van der Waals surface area contributed by atoms with Gasteiger partial charge in [-0.15, -0.1) is 0 Å². The molecule has 1 rings (SSSR count). The molecule has 0 saturated heterocycles. The number of nitrogens with zero attached hydrogens (tertiary/aromatic N) is 1. The van der Waals surface area contributed by atoms with E-state index in [-0.39, 0.29) is 17.4 Å². The van der Waals surface area contributed by atoms with Crippen LogP contribution in [0.15, 0.2) is 0 Å². The van der Waals surface area contributed by atoms with Gasteiger partial charge in [-0.05, 0) is 26.9 Å². The summed E-state index contributed by atoms with van der Waals surface area (Å²) in [5.41, 5.74) is -0.133. The van der Waals surface area contributed by atoms with Crippen LogP contribution in [0.2, 0.25) is 0 Å². The molecule has 1 aliphatic rings. The molecule has 0 aromatic carbocycles. The first-order valence-electron chi connectivity index (χ1n) is 6.53. The highest BCUT2D eigenvalue weighted by atomic mass is 16.3. The van der Waals surface area contributed by atoms with Crippen LogP contribution >= 0.6 is 0 Å². The third-order valence-corrected chi connectivity index (χ3v) is 3.76. The van der Waals surface area contributed by atoms with Crippen molar-refractivity contribution in [1.29, 1.82) is 0 Å². The van der Waals surface area contributed by atoms with Gasteiger partial charge >= 0.3 is 0 Å². The molecule has 0 bridgehead atoms. The van der Waals surface area contributed by atoms with Crippen molar-refractivity contribution in [1.82, 2.24) is 10.2 Å². The fourth-order valence-electron chi connectivity index (χ4n) is 2.30. The lowest BCUT2D eigenvalue weighted by molar-refractivity contribution is -0.122. The van der Waals surface area contributed by atoms with Gasteiger partial charge < -0.3 is 15.3 Å². The van der Waals surface area contributed by atoms with E-state index < -0.39 is 0 Å². The Morgan fingerprint density at radius 1 is 1.47 bits per heavy atom. The van der Waals surface area contributed by atoms with Crippen LogP contribution in [-0.2, 0) is 4.79 Å². The summed E-state index contributed by atoms with van der Waals surface area (Å²) in [6, 6.07) is 0. The number of amides is 1. The van der Waals surface area contributed by atoms with Crippen molar-refractivity contribution < 1.29 is 9.90 Å². The number of aliphatic hydroxyl groups is 1. The first-order valence-corrected chi connectivity index (χ1v) is 6.53. The van der Waals surface area contributed by atoms with Crippen LogP contribution in [0.1, 0.15) is 39.0 Å². The van der Waals surface area contributed by atoms with Crippen LogP contribution in [0.25, 0.3) is 0 Å². The summed E-state index contributed by atoms with van der Waals surface area (Å²) in [6.45, 7) is 3.44. The van der Waals surface area contributed by atoms with Gasteiger partial charge in [-0.2, -0.15) is 0 Å². The van der Waals surface area contributed by atoms with E-state index in [1.54, 1.807) is 0 Å². The fraction of sp³-hybridized carbons (Fsp3) is 0.923. The average Bonchev–Trinajstić information content (AvgIpc) is 2.28. The number of carbonyl (C=O) groups is 1. The molecule has 2 N–H and O–H groups in total. The van der Waals surface area contributed by atoms with E-state index >= 15 is 0 Å². The Balaban J connectivity index is 2.30. The van der Waals surface area contributed by atoms with Gasteiger partial charge in [-0.25, -0.2) is 0 Å². The van der Waals surface area contributed by atoms with E-state index in [2.05, 4.69) is 12.2 Å². The van der Waals surface area contributed by atoms with Gasteiger partial charge in [-0.1, -0.05) is 19.8 Å². The monoisotopic (exact) mass is 242 g/mol. The molecule has 1 amide bonds. The van der Waals surface area contributed by atoms with Crippen molar-refractivity contribution in [3.8, 4) is 0 Å². The molecule has 1 aliphatic carbocycles. The molecule has 0 heterocycles. The molecule has 2 atom stereocenters. The smallest absolute Gasteiger partial charge is 0.221 e. The van der Waals surface area contributed by atoms with E-state index in [4.69, 9.17) is 0 Å². The van der Waals surface area contributed by atoms with Crippen LogP contribution in [0.3, 0.4) is 0 Å². The predicted octanol–water partition coefficient (Wildman–Crippen LogP) is 0.995. The molecule has 4 nitrogen and oxygen atoms in total. The summed E-state index contributed by atoms with van der Waals surface area (Å²) < 4.78 is 0. The molecule has 2 unspecified atom stereocenters. The Kier molecular flexibility index (Phi) is 5.40. The van der Waals surface area contributed by atoms with E-state index in [9.17, 15) is 9.90 Å². The third-order valence-electron chi connectivity index (χ3n) is 3.76. The maximum Gasteiger partial charge on any atom is 0.221 e. The highest BCUT2D eigenvalue weighted by Gasteiger charge is 2.35. The van der Waals surface area contributed by atoms with E-state index in [0.29, 0.717) is 13.0 Å². The van der Waals surface area contributed by atoms with Crippen molar-refractivity contribution in [2.75, 3.05) is 27.2 Å². The zero-order chi connectivity index (χ0) is 12.9. The topological polar surface area (TPSA) is 52.6 Å². The molecule has 0 aliphatic heterocycles. The molecule has 17 heavy (non-hydrogen) atoms. The third kappa shape index (κ3) is 4.64. The Morgan fingerprint density at radius 3 is 2.76 bits per heavy atom. The molecule has 0 aromatic rings. The predicted molar refractivity (Wildman–Crippen MR) is 68.8 cm³/mol. The van der Waals surface area contributed by atoms with Crippen molar-refractivity contribution in [3.05, 3.63) is 0 Å². The largest absolute Gasteiger partial charge is 0.392 e. The lowest BCUT2D eigenvalue weighted by Crippen LogP contribution is -2.45. The molecular formula is C13H26N2O2. The number of aliphatic hydroxyl groups excluding tert-OH is 1. The Labute approximate surface area is 104 Å². The van der Waals surface area contributed by atoms with Crippen LogP contribution in [-0.4, -0.2) is 49.2 Å². The first kappa shape index (κ1) is 14.5. The van der Waals surface area contributed by atoms with Crippen molar-refractivity contribution in [2.24, 2.45) is 5.41 Å². The Bertz CT molecular complexity index is 256. The summed E-state index contributed by atoms with van der Waals surface area (Å²) in [5, 5.41) is 13.0. The quantitative estimate of drug-likeness (QED) is 0.756. The summed E-state index contributed by atoms with van der Waals surface area (Å²) >= 11 is 0. The minimum absolute atomic E-state index is 0.0812. The lowest BCUT2D eigenvalue weighted by atomic mass is 9.73. The molecule has 1 fully saturated rings.